The van der Waals surface area contributed by atoms with Gasteiger partial charge in [-0.25, -0.2) is 4.98 Å². The van der Waals surface area contributed by atoms with Crippen LogP contribution in [0.3, 0.4) is 0 Å². The summed E-state index contributed by atoms with van der Waals surface area (Å²) in [5.41, 5.74) is 1.84. The van der Waals surface area contributed by atoms with Crippen molar-refractivity contribution in [3.63, 3.8) is 0 Å². The molecule has 5 heteroatoms. The van der Waals surface area contributed by atoms with Crippen LogP contribution < -0.4 is 5.32 Å². The predicted octanol–water partition coefficient (Wildman–Crippen LogP) is 3.09. The van der Waals surface area contributed by atoms with Crippen LogP contribution in [-0.2, 0) is 11.3 Å². The van der Waals surface area contributed by atoms with E-state index in [0.717, 1.165) is 17.0 Å². The summed E-state index contributed by atoms with van der Waals surface area (Å²) in [6.45, 7) is 6.64. The zero-order chi connectivity index (χ0) is 16.8. The number of hydrogen-bond donors (Lipinski definition) is 1. The second kappa shape index (κ2) is 7.59. The second-order valence-electron chi connectivity index (χ2n) is 5.87. The van der Waals surface area contributed by atoms with Gasteiger partial charge in [-0.3, -0.25) is 4.79 Å². The van der Waals surface area contributed by atoms with Crippen molar-refractivity contribution >= 4 is 5.91 Å². The van der Waals surface area contributed by atoms with Crippen molar-refractivity contribution in [2.24, 2.45) is 0 Å². The molecular formula is C18H22N4O. The molecule has 0 bridgehead atoms. The van der Waals surface area contributed by atoms with Gasteiger partial charge in [0.25, 0.3) is 0 Å². The number of nitriles is 1. The van der Waals surface area contributed by atoms with E-state index in [0.29, 0.717) is 18.9 Å². The molecule has 0 unspecified atom stereocenters. The predicted molar refractivity (Wildman–Crippen MR) is 88.6 cm³/mol. The third-order valence-corrected chi connectivity index (χ3v) is 3.78. The molecule has 0 radical (unpaired) electrons. The first-order valence-corrected chi connectivity index (χ1v) is 7.78. The highest BCUT2D eigenvalue weighted by Crippen LogP contribution is 2.17. The molecule has 0 aliphatic heterocycles. The first-order valence-electron chi connectivity index (χ1n) is 7.78. The lowest BCUT2D eigenvalue weighted by molar-refractivity contribution is -0.121. The summed E-state index contributed by atoms with van der Waals surface area (Å²) in [4.78, 5) is 16.5. The molecule has 0 saturated heterocycles. The molecule has 1 atom stereocenters. The van der Waals surface area contributed by atoms with E-state index in [1.54, 1.807) is 6.20 Å². The summed E-state index contributed by atoms with van der Waals surface area (Å²) < 4.78 is 1.99. The molecule has 0 aliphatic carbocycles. The minimum absolute atomic E-state index is 0.136. The lowest BCUT2D eigenvalue weighted by Gasteiger charge is -2.15. The quantitative estimate of drug-likeness (QED) is 0.891. The highest BCUT2D eigenvalue weighted by molar-refractivity contribution is 5.76. The van der Waals surface area contributed by atoms with E-state index in [2.05, 4.69) is 30.2 Å². The van der Waals surface area contributed by atoms with Crippen molar-refractivity contribution in [3.05, 3.63) is 53.6 Å². The van der Waals surface area contributed by atoms with Gasteiger partial charge in [0, 0.05) is 31.3 Å². The Hall–Kier alpha value is -2.61. The average Bonchev–Trinajstić information content (AvgIpc) is 3.00. The molecule has 0 saturated carbocycles. The Bertz CT molecular complexity index is 712. The lowest BCUT2D eigenvalue weighted by Crippen LogP contribution is -2.29. The molecule has 120 valence electrons. The summed E-state index contributed by atoms with van der Waals surface area (Å²) in [7, 11) is 0. The Morgan fingerprint density at radius 3 is 2.78 bits per heavy atom. The maximum atomic E-state index is 12.2. The number of aromatic nitrogens is 2. The molecule has 23 heavy (non-hydrogen) atoms. The number of aryl methyl sites for hydroxylation is 2. The van der Waals surface area contributed by atoms with Gasteiger partial charge in [-0.1, -0.05) is 38.1 Å². The maximum Gasteiger partial charge on any atom is 0.223 e. The zero-order valence-electron chi connectivity index (χ0n) is 13.8. The van der Waals surface area contributed by atoms with Crippen molar-refractivity contribution in [3.8, 4) is 6.07 Å². The average molecular weight is 310 g/mol. The molecule has 1 amide bonds. The van der Waals surface area contributed by atoms with E-state index in [1.807, 2.05) is 42.0 Å². The number of rotatable bonds is 6. The maximum absolute atomic E-state index is 12.2. The van der Waals surface area contributed by atoms with Gasteiger partial charge in [-0.15, -0.1) is 0 Å². The van der Waals surface area contributed by atoms with Crippen LogP contribution in [0.25, 0.3) is 0 Å². The van der Waals surface area contributed by atoms with Crippen LogP contribution in [0.1, 0.15) is 49.2 Å². The van der Waals surface area contributed by atoms with Gasteiger partial charge in [-0.05, 0) is 18.1 Å². The second-order valence-corrected chi connectivity index (χ2v) is 5.87. The molecule has 5 nitrogen and oxygen atoms in total. The zero-order valence-corrected chi connectivity index (χ0v) is 13.8. The van der Waals surface area contributed by atoms with Gasteiger partial charge in [-0.2, -0.15) is 5.26 Å². The summed E-state index contributed by atoms with van der Waals surface area (Å²) in [5, 5.41) is 12.1. The molecule has 0 aliphatic rings. The molecular weight excluding hydrogens is 288 g/mol. The Balaban J connectivity index is 1.97. The summed E-state index contributed by atoms with van der Waals surface area (Å²) in [5.74, 6) is 1.14. The van der Waals surface area contributed by atoms with E-state index in [4.69, 9.17) is 0 Å². The van der Waals surface area contributed by atoms with Crippen LogP contribution in [0.2, 0.25) is 0 Å². The number of imidazole rings is 1. The number of benzene rings is 1. The van der Waals surface area contributed by atoms with Crippen molar-refractivity contribution in [1.29, 1.82) is 5.26 Å². The standard InChI is InChI=1S/C18H22N4O/c1-13(2)18-20-9-11-22(18)10-8-17(23)21-16(12-19)15-7-5-4-6-14(15)3/h4-7,9,11,13,16H,8,10H2,1-3H3,(H,21,23)/t16-/m1/s1. The normalized spacial score (nSPS) is 12.0. The SMILES string of the molecule is Cc1ccccc1[C@@H](C#N)NC(=O)CCn1ccnc1C(C)C. The molecule has 1 aromatic carbocycles. The molecule has 0 fully saturated rings. The van der Waals surface area contributed by atoms with E-state index in [1.165, 1.54) is 0 Å². The summed E-state index contributed by atoms with van der Waals surface area (Å²) in [6, 6.07) is 9.15. The van der Waals surface area contributed by atoms with Crippen LogP contribution in [0.5, 0.6) is 0 Å². The first-order chi connectivity index (χ1) is 11.0. The van der Waals surface area contributed by atoms with E-state index < -0.39 is 6.04 Å². The van der Waals surface area contributed by atoms with E-state index in [-0.39, 0.29) is 5.91 Å². The first kappa shape index (κ1) is 16.8. The third kappa shape index (κ3) is 4.19. The Kier molecular flexibility index (Phi) is 5.53. The van der Waals surface area contributed by atoms with Crippen LogP contribution in [0.4, 0.5) is 0 Å². The van der Waals surface area contributed by atoms with Gasteiger partial charge in [0.1, 0.15) is 11.9 Å². The Morgan fingerprint density at radius 1 is 1.39 bits per heavy atom. The van der Waals surface area contributed by atoms with Crippen LogP contribution >= 0.6 is 0 Å². The van der Waals surface area contributed by atoms with Crippen molar-refractivity contribution in [1.82, 2.24) is 14.9 Å². The molecule has 1 N–H and O–H groups in total. The van der Waals surface area contributed by atoms with Gasteiger partial charge in [0.2, 0.25) is 5.91 Å². The molecule has 0 spiro atoms. The molecule has 2 rings (SSSR count). The number of nitrogens with one attached hydrogen (secondary N) is 1. The lowest BCUT2D eigenvalue weighted by atomic mass is 10.0. The Morgan fingerprint density at radius 2 is 2.13 bits per heavy atom. The largest absolute Gasteiger partial charge is 0.337 e. The molecule has 1 heterocycles. The van der Waals surface area contributed by atoms with Crippen molar-refractivity contribution < 1.29 is 4.79 Å². The summed E-state index contributed by atoms with van der Waals surface area (Å²) >= 11 is 0. The molecule has 1 aromatic heterocycles. The summed E-state index contributed by atoms with van der Waals surface area (Å²) in [6.07, 6.45) is 3.95. The smallest absolute Gasteiger partial charge is 0.223 e. The van der Waals surface area contributed by atoms with E-state index in [9.17, 15) is 10.1 Å². The number of nitrogens with zero attached hydrogens (tertiary/aromatic N) is 3. The van der Waals surface area contributed by atoms with Crippen molar-refractivity contribution in [2.75, 3.05) is 0 Å². The fourth-order valence-corrected chi connectivity index (χ4v) is 2.56. The minimum atomic E-state index is -0.615. The van der Waals surface area contributed by atoms with E-state index >= 15 is 0 Å². The van der Waals surface area contributed by atoms with Crippen LogP contribution in [0.15, 0.2) is 36.7 Å². The number of amides is 1. The van der Waals surface area contributed by atoms with Gasteiger partial charge in [0.15, 0.2) is 0 Å². The monoisotopic (exact) mass is 310 g/mol. The third-order valence-electron chi connectivity index (χ3n) is 3.78. The fourth-order valence-electron chi connectivity index (χ4n) is 2.56. The van der Waals surface area contributed by atoms with Gasteiger partial charge in [0.05, 0.1) is 6.07 Å². The van der Waals surface area contributed by atoms with Crippen LogP contribution in [-0.4, -0.2) is 15.5 Å². The van der Waals surface area contributed by atoms with Crippen molar-refractivity contribution in [2.45, 2.75) is 45.7 Å². The number of carbonyl (C=O) groups is 1. The Labute approximate surface area is 137 Å². The van der Waals surface area contributed by atoms with Gasteiger partial charge >= 0.3 is 0 Å². The molecule has 2 aromatic rings. The number of hydrogen-bond acceptors (Lipinski definition) is 3. The minimum Gasteiger partial charge on any atom is -0.337 e. The highest BCUT2D eigenvalue weighted by Gasteiger charge is 2.16. The highest BCUT2D eigenvalue weighted by atomic mass is 16.1. The van der Waals surface area contributed by atoms with Gasteiger partial charge < -0.3 is 9.88 Å². The van der Waals surface area contributed by atoms with Crippen LogP contribution in [0, 0.1) is 18.3 Å². The topological polar surface area (TPSA) is 70.7 Å². The fraction of sp³-hybridized carbons (Fsp3) is 0.389. The number of carbonyl (C=O) groups excluding carboxylic acids is 1.